The normalized spacial score (nSPS) is 12.1. The number of para-hydroxylation sites is 2. The minimum atomic E-state index is -0.609. The summed E-state index contributed by atoms with van der Waals surface area (Å²) in [6.07, 6.45) is 1.41. The smallest absolute Gasteiger partial charge is 0.306 e. The van der Waals surface area contributed by atoms with Crippen LogP contribution in [0.3, 0.4) is 0 Å². The monoisotopic (exact) mass is 437 g/mol. The Morgan fingerprint density at radius 2 is 1.88 bits per heavy atom. The van der Waals surface area contributed by atoms with Gasteiger partial charge in [0, 0.05) is 19.0 Å². The Kier molecular flexibility index (Phi) is 6.07. The van der Waals surface area contributed by atoms with Crippen molar-refractivity contribution < 1.29 is 23.4 Å². The number of esters is 1. The number of carbonyl (C=O) groups excluding carboxylic acids is 1. The van der Waals surface area contributed by atoms with Gasteiger partial charge in [-0.3, -0.25) is 14.2 Å². The Morgan fingerprint density at radius 1 is 1.12 bits per heavy atom. The molecule has 0 saturated heterocycles. The number of hydrogen-bond acceptors (Lipinski definition) is 8. The highest BCUT2D eigenvalue weighted by Gasteiger charge is 2.18. The van der Waals surface area contributed by atoms with Crippen molar-refractivity contribution in [2.75, 3.05) is 14.2 Å². The molecule has 166 valence electrons. The standard InChI is InChI=1S/C23H23N3O6/c1-14(22-25-16-7-4-5-8-18(16)32-22)31-21(27)9-6-10-26-13-24-17-12-20(30-3)19(29-2)11-15(17)23(26)28/h4-5,7-8,11-14H,6,9-10H2,1-3H3. The van der Waals surface area contributed by atoms with Crippen LogP contribution in [0.15, 0.2) is 51.9 Å². The van der Waals surface area contributed by atoms with Gasteiger partial charge in [-0.2, -0.15) is 0 Å². The zero-order valence-corrected chi connectivity index (χ0v) is 18.0. The fourth-order valence-electron chi connectivity index (χ4n) is 3.41. The second-order valence-corrected chi connectivity index (χ2v) is 7.22. The number of methoxy groups -OCH3 is 2. The van der Waals surface area contributed by atoms with E-state index in [1.54, 1.807) is 25.1 Å². The Hall–Kier alpha value is -3.88. The molecule has 0 aliphatic rings. The molecule has 0 radical (unpaired) electrons. The topological polar surface area (TPSA) is 106 Å². The summed E-state index contributed by atoms with van der Waals surface area (Å²) in [4.78, 5) is 33.7. The number of hydrogen-bond donors (Lipinski definition) is 0. The molecule has 1 unspecified atom stereocenters. The highest BCUT2D eigenvalue weighted by atomic mass is 16.6. The van der Waals surface area contributed by atoms with Crippen LogP contribution < -0.4 is 15.0 Å². The summed E-state index contributed by atoms with van der Waals surface area (Å²) in [5.74, 6) is 0.903. The predicted molar refractivity (Wildman–Crippen MR) is 117 cm³/mol. The minimum absolute atomic E-state index is 0.140. The number of carbonyl (C=O) groups is 1. The third-order valence-corrected chi connectivity index (χ3v) is 5.08. The highest BCUT2D eigenvalue weighted by Crippen LogP contribution is 2.29. The molecule has 1 atom stereocenters. The number of ether oxygens (including phenoxy) is 3. The third-order valence-electron chi connectivity index (χ3n) is 5.08. The van der Waals surface area contributed by atoms with Crippen LogP contribution in [0.5, 0.6) is 11.5 Å². The van der Waals surface area contributed by atoms with Gasteiger partial charge in [-0.05, 0) is 31.5 Å². The van der Waals surface area contributed by atoms with E-state index in [1.165, 1.54) is 25.1 Å². The maximum absolute atomic E-state index is 12.8. The largest absolute Gasteiger partial charge is 0.493 e. The maximum Gasteiger partial charge on any atom is 0.306 e. The number of aromatic nitrogens is 3. The zero-order valence-electron chi connectivity index (χ0n) is 18.0. The maximum atomic E-state index is 12.8. The number of aryl methyl sites for hydroxylation is 1. The molecule has 0 bridgehead atoms. The first-order chi connectivity index (χ1) is 15.5. The van der Waals surface area contributed by atoms with Crippen molar-refractivity contribution in [2.45, 2.75) is 32.4 Å². The lowest BCUT2D eigenvalue weighted by Crippen LogP contribution is -2.21. The quantitative estimate of drug-likeness (QED) is 0.385. The van der Waals surface area contributed by atoms with Crippen molar-refractivity contribution >= 4 is 28.0 Å². The van der Waals surface area contributed by atoms with Crippen molar-refractivity contribution in [2.24, 2.45) is 0 Å². The fraction of sp³-hybridized carbons (Fsp3) is 0.304. The molecule has 0 aliphatic carbocycles. The Labute approximate surface area is 183 Å². The van der Waals surface area contributed by atoms with Gasteiger partial charge in [0.05, 0.1) is 31.4 Å². The number of oxazole rings is 1. The van der Waals surface area contributed by atoms with Crippen LogP contribution in [-0.2, 0) is 16.1 Å². The molecule has 4 rings (SSSR count). The Morgan fingerprint density at radius 3 is 2.62 bits per heavy atom. The van der Waals surface area contributed by atoms with Crippen molar-refractivity contribution in [3.8, 4) is 11.5 Å². The predicted octanol–water partition coefficient (Wildman–Crippen LogP) is 3.64. The number of benzene rings is 2. The van der Waals surface area contributed by atoms with Gasteiger partial charge in [0.25, 0.3) is 5.56 Å². The molecule has 2 aromatic heterocycles. The van der Waals surface area contributed by atoms with Crippen LogP contribution in [0.1, 0.15) is 31.8 Å². The summed E-state index contributed by atoms with van der Waals surface area (Å²) in [6, 6.07) is 10.6. The van der Waals surface area contributed by atoms with E-state index in [4.69, 9.17) is 18.6 Å². The van der Waals surface area contributed by atoms with Gasteiger partial charge in [0.15, 0.2) is 23.2 Å². The third kappa shape index (κ3) is 4.27. The van der Waals surface area contributed by atoms with Crippen LogP contribution in [0.4, 0.5) is 0 Å². The molecule has 2 heterocycles. The molecular weight excluding hydrogens is 414 g/mol. The van der Waals surface area contributed by atoms with E-state index in [-0.39, 0.29) is 12.0 Å². The van der Waals surface area contributed by atoms with E-state index in [0.717, 1.165) is 0 Å². The van der Waals surface area contributed by atoms with Crippen molar-refractivity contribution in [3.63, 3.8) is 0 Å². The lowest BCUT2D eigenvalue weighted by Gasteiger charge is -2.11. The van der Waals surface area contributed by atoms with Gasteiger partial charge < -0.3 is 18.6 Å². The van der Waals surface area contributed by atoms with Gasteiger partial charge in [0.2, 0.25) is 5.89 Å². The molecule has 0 saturated carbocycles. The van der Waals surface area contributed by atoms with Crippen molar-refractivity contribution in [3.05, 3.63) is 59.0 Å². The van der Waals surface area contributed by atoms with E-state index >= 15 is 0 Å². The van der Waals surface area contributed by atoms with Crippen LogP contribution in [0.2, 0.25) is 0 Å². The molecule has 4 aromatic rings. The SMILES string of the molecule is COc1cc2ncn(CCCC(=O)OC(C)c3nc4ccccc4o3)c(=O)c2cc1OC. The first-order valence-corrected chi connectivity index (χ1v) is 10.2. The van der Waals surface area contributed by atoms with Gasteiger partial charge in [-0.15, -0.1) is 0 Å². The summed E-state index contributed by atoms with van der Waals surface area (Å²) in [6.45, 7) is 2.03. The van der Waals surface area contributed by atoms with Crippen LogP contribution in [0, 0.1) is 0 Å². The molecule has 0 spiro atoms. The summed E-state index contributed by atoms with van der Waals surface area (Å²) in [7, 11) is 3.03. The lowest BCUT2D eigenvalue weighted by atomic mass is 10.2. The molecule has 32 heavy (non-hydrogen) atoms. The molecular formula is C23H23N3O6. The second kappa shape index (κ2) is 9.09. The van der Waals surface area contributed by atoms with Crippen molar-refractivity contribution in [1.29, 1.82) is 0 Å². The fourth-order valence-corrected chi connectivity index (χ4v) is 3.41. The number of nitrogens with zero attached hydrogens (tertiary/aromatic N) is 3. The summed E-state index contributed by atoms with van der Waals surface area (Å²) in [5, 5.41) is 0.414. The molecule has 0 amide bonds. The molecule has 2 aromatic carbocycles. The van der Waals surface area contributed by atoms with Crippen LogP contribution in [-0.4, -0.2) is 34.7 Å². The first kappa shape index (κ1) is 21.4. The van der Waals surface area contributed by atoms with Gasteiger partial charge in [-0.25, -0.2) is 9.97 Å². The van der Waals surface area contributed by atoms with E-state index < -0.39 is 12.1 Å². The van der Waals surface area contributed by atoms with Gasteiger partial charge >= 0.3 is 5.97 Å². The molecule has 0 N–H and O–H groups in total. The average Bonchev–Trinajstić information content (AvgIpc) is 3.24. The van der Waals surface area contributed by atoms with Crippen LogP contribution >= 0.6 is 0 Å². The lowest BCUT2D eigenvalue weighted by molar-refractivity contribution is -0.149. The van der Waals surface area contributed by atoms with Crippen molar-refractivity contribution in [1.82, 2.24) is 14.5 Å². The minimum Gasteiger partial charge on any atom is -0.493 e. The number of fused-ring (bicyclic) bond motifs is 2. The molecule has 0 fully saturated rings. The average molecular weight is 437 g/mol. The van der Waals surface area contributed by atoms with E-state index in [1.807, 2.05) is 18.2 Å². The second-order valence-electron chi connectivity index (χ2n) is 7.22. The summed E-state index contributed by atoms with van der Waals surface area (Å²) < 4.78 is 23.1. The Bertz CT molecular complexity index is 1290. The van der Waals surface area contributed by atoms with E-state index in [2.05, 4.69) is 9.97 Å². The summed E-state index contributed by atoms with van der Waals surface area (Å²) >= 11 is 0. The first-order valence-electron chi connectivity index (χ1n) is 10.2. The van der Waals surface area contributed by atoms with Crippen LogP contribution in [0.25, 0.3) is 22.0 Å². The van der Waals surface area contributed by atoms with E-state index in [9.17, 15) is 9.59 Å². The molecule has 0 aliphatic heterocycles. The molecule has 9 heteroatoms. The number of rotatable bonds is 8. The Balaban J connectivity index is 1.38. The van der Waals surface area contributed by atoms with Gasteiger partial charge in [0.1, 0.15) is 5.52 Å². The van der Waals surface area contributed by atoms with Gasteiger partial charge in [-0.1, -0.05) is 12.1 Å². The molecule has 9 nitrogen and oxygen atoms in total. The van der Waals surface area contributed by atoms with E-state index in [0.29, 0.717) is 52.4 Å². The highest BCUT2D eigenvalue weighted by molar-refractivity contribution is 5.81. The zero-order chi connectivity index (χ0) is 22.7. The summed E-state index contributed by atoms with van der Waals surface area (Å²) in [5.41, 5.74) is 1.64.